The lowest BCUT2D eigenvalue weighted by molar-refractivity contribution is 0.238. The minimum absolute atomic E-state index is 0.253. The Kier molecular flexibility index (Phi) is 5.73. The zero-order valence-corrected chi connectivity index (χ0v) is 15.2. The molecule has 0 spiro atoms. The van der Waals surface area contributed by atoms with E-state index in [0.717, 1.165) is 17.3 Å². The normalized spacial score (nSPS) is 19.6. The smallest absolute Gasteiger partial charge is 0.0400 e. The van der Waals surface area contributed by atoms with Gasteiger partial charge in [-0.2, -0.15) is 0 Å². The Morgan fingerprint density at radius 2 is 1.95 bits per heavy atom. The molecule has 1 aliphatic heterocycles. The summed E-state index contributed by atoms with van der Waals surface area (Å²) in [6.45, 7) is 9.25. The van der Waals surface area contributed by atoms with Crippen molar-refractivity contribution < 1.29 is 0 Å². The maximum Gasteiger partial charge on any atom is 0.0400 e. The number of benzene rings is 1. The van der Waals surface area contributed by atoms with Crippen LogP contribution in [0.25, 0.3) is 0 Å². The topological polar surface area (TPSA) is 29.3 Å². The molecule has 0 bridgehead atoms. The van der Waals surface area contributed by atoms with Crippen molar-refractivity contribution in [2.45, 2.75) is 58.9 Å². The molecule has 1 aliphatic rings. The minimum Gasteiger partial charge on any atom is -0.371 e. The number of nitrogens with two attached hydrogens (primary N) is 1. The fraction of sp³-hybridized carbons (Fsp3) is 0.667. The number of hydrogen-bond acceptors (Lipinski definition) is 2. The molecule has 0 amide bonds. The van der Waals surface area contributed by atoms with Gasteiger partial charge in [0, 0.05) is 29.3 Å². The molecule has 2 nitrogen and oxygen atoms in total. The average molecular weight is 353 g/mol. The van der Waals surface area contributed by atoms with E-state index in [-0.39, 0.29) is 6.04 Å². The van der Waals surface area contributed by atoms with Gasteiger partial charge < -0.3 is 10.6 Å². The summed E-state index contributed by atoms with van der Waals surface area (Å²) in [6, 6.07) is 6.92. The minimum atomic E-state index is 0.253. The van der Waals surface area contributed by atoms with E-state index >= 15 is 0 Å². The summed E-state index contributed by atoms with van der Waals surface area (Å²) < 4.78 is 1.15. The molecule has 1 fully saturated rings. The summed E-state index contributed by atoms with van der Waals surface area (Å²) in [4.78, 5) is 2.56. The maximum absolute atomic E-state index is 6.18. The molecule has 1 aromatic carbocycles. The van der Waals surface area contributed by atoms with Gasteiger partial charge in [0.2, 0.25) is 0 Å². The molecule has 0 aliphatic carbocycles. The van der Waals surface area contributed by atoms with E-state index < -0.39 is 0 Å². The lowest BCUT2D eigenvalue weighted by atomic mass is 9.78. The molecule has 1 heterocycles. The highest BCUT2D eigenvalue weighted by molar-refractivity contribution is 9.10. The summed E-state index contributed by atoms with van der Waals surface area (Å²) >= 11 is 3.60. The summed E-state index contributed by atoms with van der Waals surface area (Å²) in [7, 11) is 0. The van der Waals surface area contributed by atoms with Crippen LogP contribution in [0.2, 0.25) is 0 Å². The van der Waals surface area contributed by atoms with E-state index in [1.54, 1.807) is 0 Å². The van der Waals surface area contributed by atoms with Gasteiger partial charge in [-0.1, -0.05) is 43.1 Å². The highest BCUT2D eigenvalue weighted by Gasteiger charge is 2.29. The Labute approximate surface area is 138 Å². The van der Waals surface area contributed by atoms with Crippen LogP contribution in [0, 0.1) is 5.41 Å². The van der Waals surface area contributed by atoms with Crippen molar-refractivity contribution in [3.63, 3.8) is 0 Å². The van der Waals surface area contributed by atoms with Crippen LogP contribution < -0.4 is 10.6 Å². The SMILES string of the molecule is CCC(N)Cc1cc(Br)ccc1N1CCC(C)(CC)CC1. The van der Waals surface area contributed by atoms with Crippen molar-refractivity contribution in [3.05, 3.63) is 28.2 Å². The molecule has 1 aromatic rings. The third-order valence-electron chi connectivity index (χ3n) is 5.21. The zero-order chi connectivity index (χ0) is 15.5. The second kappa shape index (κ2) is 7.15. The van der Waals surface area contributed by atoms with E-state index in [4.69, 9.17) is 5.73 Å². The second-order valence-corrected chi connectivity index (χ2v) is 7.71. The fourth-order valence-electron chi connectivity index (χ4n) is 3.09. The average Bonchev–Trinajstić information content (AvgIpc) is 2.48. The molecule has 118 valence electrons. The van der Waals surface area contributed by atoms with Gasteiger partial charge in [0.05, 0.1) is 0 Å². The number of anilines is 1. The van der Waals surface area contributed by atoms with Crippen LogP contribution in [0.4, 0.5) is 5.69 Å². The Hall–Kier alpha value is -0.540. The molecule has 1 saturated heterocycles. The molecular formula is C18H29BrN2. The summed E-state index contributed by atoms with van der Waals surface area (Å²) in [5.74, 6) is 0. The third-order valence-corrected chi connectivity index (χ3v) is 5.71. The van der Waals surface area contributed by atoms with Crippen LogP contribution in [0.15, 0.2) is 22.7 Å². The number of hydrogen-bond donors (Lipinski definition) is 1. The molecule has 2 N–H and O–H groups in total. The van der Waals surface area contributed by atoms with E-state index in [9.17, 15) is 0 Å². The monoisotopic (exact) mass is 352 g/mol. The largest absolute Gasteiger partial charge is 0.371 e. The molecule has 0 saturated carbocycles. The quantitative estimate of drug-likeness (QED) is 0.828. The molecule has 21 heavy (non-hydrogen) atoms. The third kappa shape index (κ3) is 4.23. The van der Waals surface area contributed by atoms with Gasteiger partial charge >= 0.3 is 0 Å². The van der Waals surface area contributed by atoms with Crippen molar-refractivity contribution in [1.29, 1.82) is 0 Å². The van der Waals surface area contributed by atoms with Crippen LogP contribution in [0.3, 0.4) is 0 Å². The predicted molar refractivity (Wildman–Crippen MR) is 96.0 cm³/mol. The molecule has 0 aromatic heterocycles. The fourth-order valence-corrected chi connectivity index (χ4v) is 3.50. The molecule has 2 rings (SSSR count). The summed E-state index contributed by atoms with van der Waals surface area (Å²) in [5, 5.41) is 0. The van der Waals surface area contributed by atoms with Crippen molar-refractivity contribution >= 4 is 21.6 Å². The van der Waals surface area contributed by atoms with Gasteiger partial charge in [0.25, 0.3) is 0 Å². The number of nitrogens with zero attached hydrogens (tertiary/aromatic N) is 1. The lowest BCUT2D eigenvalue weighted by Crippen LogP contribution is -2.39. The van der Waals surface area contributed by atoms with Crippen LogP contribution in [-0.4, -0.2) is 19.1 Å². The Morgan fingerprint density at radius 3 is 2.52 bits per heavy atom. The van der Waals surface area contributed by atoms with E-state index in [0.29, 0.717) is 5.41 Å². The Morgan fingerprint density at radius 1 is 1.29 bits per heavy atom. The predicted octanol–water partition coefficient (Wildman–Crippen LogP) is 4.75. The van der Waals surface area contributed by atoms with Gasteiger partial charge in [-0.3, -0.25) is 0 Å². The first-order valence-electron chi connectivity index (χ1n) is 8.26. The summed E-state index contributed by atoms with van der Waals surface area (Å²) in [5.41, 5.74) is 9.49. The molecule has 0 radical (unpaired) electrons. The molecular weight excluding hydrogens is 324 g/mol. The maximum atomic E-state index is 6.18. The Bertz CT molecular complexity index is 464. The van der Waals surface area contributed by atoms with Gasteiger partial charge in [0.15, 0.2) is 0 Å². The highest BCUT2D eigenvalue weighted by atomic mass is 79.9. The van der Waals surface area contributed by atoms with Crippen molar-refractivity contribution in [2.75, 3.05) is 18.0 Å². The number of piperidine rings is 1. The number of halogens is 1. The second-order valence-electron chi connectivity index (χ2n) is 6.80. The first-order valence-corrected chi connectivity index (χ1v) is 9.05. The van der Waals surface area contributed by atoms with Crippen molar-refractivity contribution in [1.82, 2.24) is 0 Å². The summed E-state index contributed by atoms with van der Waals surface area (Å²) in [6.07, 6.45) is 5.86. The molecule has 1 atom stereocenters. The van der Waals surface area contributed by atoms with Crippen LogP contribution >= 0.6 is 15.9 Å². The lowest BCUT2D eigenvalue weighted by Gasteiger charge is -2.41. The van der Waals surface area contributed by atoms with Crippen LogP contribution in [0.5, 0.6) is 0 Å². The first-order chi connectivity index (χ1) is 9.97. The standard InChI is InChI=1S/C18H29BrN2/c1-4-16(20)13-14-12-15(19)6-7-17(14)21-10-8-18(3,5-2)9-11-21/h6-7,12,16H,4-5,8-11,13,20H2,1-3H3. The zero-order valence-electron chi connectivity index (χ0n) is 13.7. The van der Waals surface area contributed by atoms with Crippen molar-refractivity contribution in [3.8, 4) is 0 Å². The van der Waals surface area contributed by atoms with E-state index in [1.807, 2.05) is 0 Å². The van der Waals surface area contributed by atoms with E-state index in [2.05, 4.69) is 59.8 Å². The molecule has 1 unspecified atom stereocenters. The van der Waals surface area contributed by atoms with Gasteiger partial charge in [-0.05, 0) is 54.9 Å². The number of rotatable bonds is 5. The van der Waals surface area contributed by atoms with Crippen molar-refractivity contribution in [2.24, 2.45) is 11.1 Å². The first kappa shape index (κ1) is 16.8. The van der Waals surface area contributed by atoms with Gasteiger partial charge in [-0.15, -0.1) is 0 Å². The highest BCUT2D eigenvalue weighted by Crippen LogP contribution is 2.37. The van der Waals surface area contributed by atoms with Crippen LogP contribution in [0.1, 0.15) is 52.0 Å². The van der Waals surface area contributed by atoms with Crippen LogP contribution in [-0.2, 0) is 6.42 Å². The molecule has 3 heteroatoms. The van der Waals surface area contributed by atoms with E-state index in [1.165, 1.54) is 43.6 Å². The van der Waals surface area contributed by atoms with Gasteiger partial charge in [0.1, 0.15) is 0 Å². The van der Waals surface area contributed by atoms with Gasteiger partial charge in [-0.25, -0.2) is 0 Å². The Balaban J connectivity index is 2.16.